The summed E-state index contributed by atoms with van der Waals surface area (Å²) >= 11 is 0. The molecule has 0 aliphatic carbocycles. The lowest BCUT2D eigenvalue weighted by Crippen LogP contribution is -2.35. The third-order valence-corrected chi connectivity index (χ3v) is 7.12. The number of ether oxygens (including phenoxy) is 2. The van der Waals surface area contributed by atoms with Crippen molar-refractivity contribution in [2.75, 3.05) is 26.8 Å². The highest BCUT2D eigenvalue weighted by Gasteiger charge is 2.29. The molecule has 1 saturated heterocycles. The Morgan fingerprint density at radius 2 is 1.88 bits per heavy atom. The molecular formula is C23H32N2O6S. The van der Waals surface area contributed by atoms with E-state index in [0.29, 0.717) is 37.1 Å². The third-order valence-electron chi connectivity index (χ3n) is 5.35. The molecule has 0 unspecified atom stereocenters. The summed E-state index contributed by atoms with van der Waals surface area (Å²) in [5, 5.41) is 2.55. The minimum atomic E-state index is -3.71. The van der Waals surface area contributed by atoms with Gasteiger partial charge in [0.2, 0.25) is 5.09 Å². The first-order valence-corrected chi connectivity index (χ1v) is 12.4. The zero-order valence-electron chi connectivity index (χ0n) is 18.9. The highest BCUT2D eigenvalue weighted by atomic mass is 32.2. The van der Waals surface area contributed by atoms with Gasteiger partial charge in [-0.3, -0.25) is 4.79 Å². The number of hydrogen-bond acceptors (Lipinski definition) is 6. The normalized spacial score (nSPS) is 15.0. The van der Waals surface area contributed by atoms with Crippen molar-refractivity contribution in [3.05, 3.63) is 41.7 Å². The molecule has 1 N–H and O–H groups in total. The van der Waals surface area contributed by atoms with Gasteiger partial charge in [0.15, 0.2) is 17.3 Å². The fourth-order valence-corrected chi connectivity index (χ4v) is 4.86. The molecule has 1 aliphatic heterocycles. The molecule has 1 fully saturated rings. The Morgan fingerprint density at radius 3 is 2.56 bits per heavy atom. The van der Waals surface area contributed by atoms with Crippen molar-refractivity contribution in [3.8, 4) is 11.5 Å². The Bertz CT molecular complexity index is 1010. The van der Waals surface area contributed by atoms with E-state index in [9.17, 15) is 13.2 Å². The van der Waals surface area contributed by atoms with Gasteiger partial charge in [-0.05, 0) is 55.0 Å². The molecule has 1 aromatic carbocycles. The molecule has 0 atom stereocenters. The molecule has 1 aliphatic rings. The number of nitrogens with zero attached hydrogens (tertiary/aromatic N) is 1. The van der Waals surface area contributed by atoms with Gasteiger partial charge in [-0.25, -0.2) is 8.42 Å². The van der Waals surface area contributed by atoms with E-state index in [1.165, 1.54) is 16.4 Å². The Labute approximate surface area is 189 Å². The molecule has 0 radical (unpaired) electrons. The van der Waals surface area contributed by atoms with Crippen LogP contribution in [0.2, 0.25) is 0 Å². The predicted octanol–water partition coefficient (Wildman–Crippen LogP) is 3.82. The number of benzene rings is 1. The molecule has 1 amide bonds. The quantitative estimate of drug-likeness (QED) is 0.574. The monoisotopic (exact) mass is 464 g/mol. The Morgan fingerprint density at radius 1 is 1.12 bits per heavy atom. The number of piperidine rings is 1. The summed E-state index contributed by atoms with van der Waals surface area (Å²) in [5.74, 6) is 1.27. The van der Waals surface area contributed by atoms with E-state index in [1.807, 2.05) is 12.1 Å². The van der Waals surface area contributed by atoms with Crippen LogP contribution in [0.15, 0.2) is 39.8 Å². The SMILES string of the molecule is COc1cc(CNC(=O)c2ccc(S(=O)(=O)N3CCCCC3)o2)ccc1OCCC(C)C. The molecular weight excluding hydrogens is 432 g/mol. The maximum atomic E-state index is 12.7. The number of furan rings is 1. The number of rotatable bonds is 10. The maximum Gasteiger partial charge on any atom is 0.287 e. The summed E-state index contributed by atoms with van der Waals surface area (Å²) in [6.07, 6.45) is 3.63. The molecule has 0 saturated carbocycles. The van der Waals surface area contributed by atoms with E-state index in [2.05, 4.69) is 19.2 Å². The zero-order chi connectivity index (χ0) is 23.1. The van der Waals surface area contributed by atoms with Crippen molar-refractivity contribution >= 4 is 15.9 Å². The predicted molar refractivity (Wildman–Crippen MR) is 120 cm³/mol. The van der Waals surface area contributed by atoms with Gasteiger partial charge in [0.25, 0.3) is 15.9 Å². The van der Waals surface area contributed by atoms with Gasteiger partial charge in [0.1, 0.15) is 0 Å². The molecule has 2 heterocycles. The van der Waals surface area contributed by atoms with Crippen LogP contribution in [0.5, 0.6) is 11.5 Å². The van der Waals surface area contributed by atoms with E-state index < -0.39 is 15.9 Å². The molecule has 0 spiro atoms. The van der Waals surface area contributed by atoms with Crippen molar-refractivity contribution in [1.82, 2.24) is 9.62 Å². The molecule has 0 bridgehead atoms. The Hall–Kier alpha value is -2.52. The standard InChI is InChI=1S/C23H32N2O6S/c1-17(2)11-14-30-19-8-7-18(15-21(19)29-3)16-24-23(26)20-9-10-22(31-20)32(27,28)25-12-5-4-6-13-25/h7-10,15,17H,4-6,11-14,16H2,1-3H3,(H,24,26). The highest BCUT2D eigenvalue weighted by molar-refractivity contribution is 7.89. The number of carbonyl (C=O) groups excluding carboxylic acids is 1. The number of methoxy groups -OCH3 is 1. The van der Waals surface area contributed by atoms with Crippen molar-refractivity contribution in [3.63, 3.8) is 0 Å². The summed E-state index contributed by atoms with van der Waals surface area (Å²) in [7, 11) is -2.14. The number of hydrogen-bond donors (Lipinski definition) is 1. The number of sulfonamides is 1. The Kier molecular flexibility index (Phi) is 8.20. The van der Waals surface area contributed by atoms with Crippen molar-refractivity contribution in [1.29, 1.82) is 0 Å². The maximum absolute atomic E-state index is 12.7. The van der Waals surface area contributed by atoms with Crippen LogP contribution in [0.3, 0.4) is 0 Å². The summed E-state index contributed by atoms with van der Waals surface area (Å²) in [5.41, 5.74) is 0.819. The van der Waals surface area contributed by atoms with Gasteiger partial charge in [-0.1, -0.05) is 26.3 Å². The minimum absolute atomic E-state index is 0.0406. The first-order valence-electron chi connectivity index (χ1n) is 11.0. The number of amides is 1. The minimum Gasteiger partial charge on any atom is -0.493 e. The lowest BCUT2D eigenvalue weighted by atomic mass is 10.1. The van der Waals surface area contributed by atoms with E-state index in [4.69, 9.17) is 13.9 Å². The Balaban J connectivity index is 1.60. The van der Waals surface area contributed by atoms with Gasteiger partial charge in [-0.15, -0.1) is 0 Å². The molecule has 2 aromatic rings. The van der Waals surface area contributed by atoms with Crippen molar-refractivity contribution in [2.45, 2.75) is 51.2 Å². The summed E-state index contributed by atoms with van der Waals surface area (Å²) in [4.78, 5) is 12.5. The second kappa shape index (κ2) is 10.9. The van der Waals surface area contributed by atoms with E-state index in [0.717, 1.165) is 31.2 Å². The second-order valence-corrected chi connectivity index (χ2v) is 10.2. The van der Waals surface area contributed by atoms with Crippen LogP contribution in [-0.2, 0) is 16.6 Å². The number of nitrogens with one attached hydrogen (secondary N) is 1. The van der Waals surface area contributed by atoms with Gasteiger partial charge in [0, 0.05) is 19.6 Å². The van der Waals surface area contributed by atoms with Crippen LogP contribution in [-0.4, -0.2) is 45.4 Å². The highest BCUT2D eigenvalue weighted by Crippen LogP contribution is 2.28. The van der Waals surface area contributed by atoms with Gasteiger partial charge < -0.3 is 19.2 Å². The molecule has 8 nitrogen and oxygen atoms in total. The molecule has 1 aromatic heterocycles. The first kappa shape index (κ1) is 24.1. The summed E-state index contributed by atoms with van der Waals surface area (Å²) in [6.45, 7) is 6.06. The van der Waals surface area contributed by atoms with Gasteiger partial charge >= 0.3 is 0 Å². The average molecular weight is 465 g/mol. The summed E-state index contributed by atoms with van der Waals surface area (Å²) < 4.78 is 43.4. The van der Waals surface area contributed by atoms with Crippen LogP contribution < -0.4 is 14.8 Å². The van der Waals surface area contributed by atoms with Crippen molar-refractivity contribution in [2.24, 2.45) is 5.92 Å². The largest absolute Gasteiger partial charge is 0.493 e. The van der Waals surface area contributed by atoms with Crippen LogP contribution in [0, 0.1) is 5.92 Å². The van der Waals surface area contributed by atoms with Crippen LogP contribution in [0.25, 0.3) is 0 Å². The van der Waals surface area contributed by atoms with Crippen LogP contribution >= 0.6 is 0 Å². The fraction of sp³-hybridized carbons (Fsp3) is 0.522. The molecule has 32 heavy (non-hydrogen) atoms. The van der Waals surface area contributed by atoms with Crippen LogP contribution in [0.4, 0.5) is 0 Å². The lowest BCUT2D eigenvalue weighted by Gasteiger charge is -2.24. The topological polar surface area (TPSA) is 98.1 Å². The lowest BCUT2D eigenvalue weighted by molar-refractivity contribution is 0.0917. The second-order valence-electron chi connectivity index (χ2n) is 8.28. The smallest absolute Gasteiger partial charge is 0.287 e. The first-order chi connectivity index (χ1) is 15.3. The molecule has 3 rings (SSSR count). The fourth-order valence-electron chi connectivity index (χ4n) is 3.43. The third kappa shape index (κ3) is 6.04. The van der Waals surface area contributed by atoms with Gasteiger partial charge in [-0.2, -0.15) is 4.31 Å². The van der Waals surface area contributed by atoms with Crippen LogP contribution in [0.1, 0.15) is 55.6 Å². The number of carbonyl (C=O) groups is 1. The van der Waals surface area contributed by atoms with Crippen molar-refractivity contribution < 1.29 is 27.1 Å². The average Bonchev–Trinajstić information content (AvgIpc) is 3.30. The van der Waals surface area contributed by atoms with E-state index in [-0.39, 0.29) is 17.4 Å². The molecule has 176 valence electrons. The van der Waals surface area contributed by atoms with E-state index >= 15 is 0 Å². The summed E-state index contributed by atoms with van der Waals surface area (Å²) in [6, 6.07) is 8.20. The van der Waals surface area contributed by atoms with E-state index in [1.54, 1.807) is 13.2 Å². The van der Waals surface area contributed by atoms with Gasteiger partial charge in [0.05, 0.1) is 13.7 Å². The zero-order valence-corrected chi connectivity index (χ0v) is 19.7. The molecule has 9 heteroatoms.